The smallest absolute Gasteiger partial charge is 0.228 e. The number of nitrogens with zero attached hydrogens (tertiary/aromatic N) is 5. The number of hydrogen-bond acceptors (Lipinski definition) is 7. The summed E-state index contributed by atoms with van der Waals surface area (Å²) in [5.41, 5.74) is 2.19. The van der Waals surface area contributed by atoms with Crippen molar-refractivity contribution >= 4 is 11.6 Å². The third-order valence-corrected chi connectivity index (χ3v) is 4.25. The van der Waals surface area contributed by atoms with Crippen LogP contribution in [0.2, 0.25) is 0 Å². The Balaban J connectivity index is 1.39. The summed E-state index contributed by atoms with van der Waals surface area (Å²) in [5, 5.41) is 10.8. The lowest BCUT2D eigenvalue weighted by Crippen LogP contribution is -2.15. The van der Waals surface area contributed by atoms with Crippen LogP contribution in [-0.2, 0) is 11.2 Å². The zero-order valence-corrected chi connectivity index (χ0v) is 15.9. The van der Waals surface area contributed by atoms with Crippen molar-refractivity contribution in [3.8, 4) is 17.4 Å². The van der Waals surface area contributed by atoms with E-state index >= 15 is 0 Å². The van der Waals surface area contributed by atoms with Gasteiger partial charge in [-0.15, -0.1) is 0 Å². The Morgan fingerprint density at radius 3 is 2.72 bits per heavy atom. The molecule has 9 nitrogen and oxygen atoms in total. The lowest BCUT2D eigenvalue weighted by molar-refractivity contribution is -0.115. The Kier molecular flexibility index (Phi) is 5.02. The average molecular weight is 390 g/mol. The van der Waals surface area contributed by atoms with Crippen LogP contribution in [0.4, 0.5) is 5.69 Å². The van der Waals surface area contributed by atoms with Crippen LogP contribution in [0.15, 0.2) is 59.6 Å². The second-order valence-corrected chi connectivity index (χ2v) is 6.32. The maximum atomic E-state index is 12.3. The Hall–Kier alpha value is -4.01. The van der Waals surface area contributed by atoms with Gasteiger partial charge >= 0.3 is 0 Å². The molecule has 0 aliphatic heterocycles. The summed E-state index contributed by atoms with van der Waals surface area (Å²) >= 11 is 0. The lowest BCUT2D eigenvalue weighted by atomic mass is 10.1. The van der Waals surface area contributed by atoms with E-state index in [1.165, 1.54) is 6.33 Å². The van der Waals surface area contributed by atoms with E-state index in [9.17, 15) is 4.79 Å². The minimum atomic E-state index is -0.146. The van der Waals surface area contributed by atoms with E-state index in [4.69, 9.17) is 9.26 Å². The molecule has 4 rings (SSSR count). The number of hydrogen-bond donors (Lipinski definition) is 1. The predicted octanol–water partition coefficient (Wildman–Crippen LogP) is 3.24. The lowest BCUT2D eigenvalue weighted by Gasteiger charge is -2.08. The summed E-state index contributed by atoms with van der Waals surface area (Å²) in [6.45, 7) is 3.61. The first kappa shape index (κ1) is 18.4. The van der Waals surface area contributed by atoms with Crippen LogP contribution in [0.1, 0.15) is 17.0 Å². The molecule has 1 amide bonds. The van der Waals surface area contributed by atoms with E-state index < -0.39 is 0 Å². The fraction of sp³-hybridized carbons (Fsp3) is 0.150. The van der Waals surface area contributed by atoms with Crippen molar-refractivity contribution in [2.45, 2.75) is 20.3 Å². The van der Waals surface area contributed by atoms with E-state index in [1.54, 1.807) is 60.4 Å². The zero-order chi connectivity index (χ0) is 20.2. The number of aromatic nitrogens is 5. The van der Waals surface area contributed by atoms with E-state index in [-0.39, 0.29) is 12.3 Å². The Morgan fingerprint density at radius 1 is 1.21 bits per heavy atom. The summed E-state index contributed by atoms with van der Waals surface area (Å²) in [7, 11) is 0. The molecule has 0 unspecified atom stereocenters. The molecular weight excluding hydrogens is 372 g/mol. The Bertz CT molecular complexity index is 1100. The van der Waals surface area contributed by atoms with Crippen LogP contribution in [0.5, 0.6) is 11.6 Å². The number of benzene rings is 1. The van der Waals surface area contributed by atoms with Gasteiger partial charge in [0.2, 0.25) is 11.8 Å². The zero-order valence-electron chi connectivity index (χ0n) is 15.9. The van der Waals surface area contributed by atoms with Crippen LogP contribution in [0, 0.1) is 13.8 Å². The number of carbonyl (C=O) groups excluding carboxylic acids is 1. The van der Waals surface area contributed by atoms with Crippen LogP contribution in [-0.4, -0.2) is 30.8 Å². The molecule has 0 saturated heterocycles. The standard InChI is InChI=1S/C20H18N6O3/c1-13-17(14(2)29-25-13)10-19(27)24-15-4-6-16(7-5-15)28-20-11-18(21-12-22-20)26-9-3-8-23-26/h3-9,11-12H,10H2,1-2H3,(H,24,27). The summed E-state index contributed by atoms with van der Waals surface area (Å²) in [5.74, 6) is 2.08. The van der Waals surface area contributed by atoms with Crippen LogP contribution in [0.3, 0.4) is 0 Å². The van der Waals surface area contributed by atoms with Gasteiger partial charge in [0.25, 0.3) is 0 Å². The maximum Gasteiger partial charge on any atom is 0.228 e. The molecule has 0 spiro atoms. The number of aryl methyl sites for hydroxylation is 2. The molecule has 0 fully saturated rings. The van der Waals surface area contributed by atoms with Crippen molar-refractivity contribution in [1.82, 2.24) is 24.9 Å². The maximum absolute atomic E-state index is 12.3. The molecule has 0 saturated carbocycles. The van der Waals surface area contributed by atoms with E-state index in [1.807, 2.05) is 6.92 Å². The number of anilines is 1. The second-order valence-electron chi connectivity index (χ2n) is 6.32. The van der Waals surface area contributed by atoms with E-state index in [0.717, 1.165) is 11.3 Å². The van der Waals surface area contributed by atoms with Gasteiger partial charge in [0.05, 0.1) is 12.1 Å². The highest BCUT2D eigenvalue weighted by Crippen LogP contribution is 2.22. The summed E-state index contributed by atoms with van der Waals surface area (Å²) in [6, 6.07) is 10.5. The highest BCUT2D eigenvalue weighted by atomic mass is 16.5. The molecule has 0 aliphatic carbocycles. The number of ether oxygens (including phenoxy) is 1. The van der Waals surface area contributed by atoms with Crippen LogP contribution < -0.4 is 10.1 Å². The van der Waals surface area contributed by atoms with Crippen LogP contribution in [0.25, 0.3) is 5.82 Å². The summed E-state index contributed by atoms with van der Waals surface area (Å²) in [4.78, 5) is 20.6. The molecule has 0 atom stereocenters. The molecule has 4 aromatic rings. The van der Waals surface area contributed by atoms with Gasteiger partial charge in [-0.1, -0.05) is 5.16 Å². The van der Waals surface area contributed by atoms with Gasteiger partial charge in [0.15, 0.2) is 5.82 Å². The van der Waals surface area contributed by atoms with Crippen LogP contribution >= 0.6 is 0 Å². The largest absolute Gasteiger partial charge is 0.439 e. The van der Waals surface area contributed by atoms with Crippen molar-refractivity contribution < 1.29 is 14.1 Å². The van der Waals surface area contributed by atoms with Crippen molar-refractivity contribution in [3.05, 3.63) is 72.1 Å². The normalized spacial score (nSPS) is 10.7. The highest BCUT2D eigenvalue weighted by molar-refractivity contribution is 5.92. The van der Waals surface area contributed by atoms with Crippen molar-refractivity contribution in [1.29, 1.82) is 0 Å². The molecule has 146 valence electrons. The van der Waals surface area contributed by atoms with Crippen molar-refractivity contribution in [3.63, 3.8) is 0 Å². The number of amides is 1. The minimum absolute atomic E-state index is 0.146. The minimum Gasteiger partial charge on any atom is -0.439 e. The first-order valence-corrected chi connectivity index (χ1v) is 8.90. The van der Waals surface area contributed by atoms with Gasteiger partial charge in [0.1, 0.15) is 17.8 Å². The van der Waals surface area contributed by atoms with Gasteiger partial charge in [-0.25, -0.2) is 14.6 Å². The molecule has 9 heteroatoms. The molecule has 3 heterocycles. The predicted molar refractivity (Wildman–Crippen MR) is 104 cm³/mol. The average Bonchev–Trinajstić information content (AvgIpc) is 3.36. The SMILES string of the molecule is Cc1noc(C)c1CC(=O)Nc1ccc(Oc2cc(-n3cccn3)ncn2)cc1. The Labute approximate surface area is 166 Å². The number of nitrogens with one attached hydrogen (secondary N) is 1. The van der Waals surface area contributed by atoms with E-state index in [2.05, 4.69) is 25.5 Å². The van der Waals surface area contributed by atoms with Crippen molar-refractivity contribution in [2.75, 3.05) is 5.32 Å². The fourth-order valence-corrected chi connectivity index (χ4v) is 2.76. The molecule has 3 aromatic heterocycles. The fourth-order valence-electron chi connectivity index (χ4n) is 2.76. The molecule has 1 N–H and O–H groups in total. The third-order valence-electron chi connectivity index (χ3n) is 4.25. The number of carbonyl (C=O) groups is 1. The third kappa shape index (κ3) is 4.29. The number of rotatable bonds is 6. The highest BCUT2D eigenvalue weighted by Gasteiger charge is 2.13. The van der Waals surface area contributed by atoms with Crippen molar-refractivity contribution in [2.24, 2.45) is 0 Å². The van der Waals surface area contributed by atoms with E-state index in [0.29, 0.717) is 28.9 Å². The summed E-state index contributed by atoms with van der Waals surface area (Å²) in [6.07, 6.45) is 5.07. The molecule has 29 heavy (non-hydrogen) atoms. The molecule has 0 radical (unpaired) electrons. The molecule has 0 bridgehead atoms. The van der Waals surface area contributed by atoms with Gasteiger partial charge in [-0.2, -0.15) is 5.10 Å². The molecule has 0 aliphatic rings. The van der Waals surface area contributed by atoms with Gasteiger partial charge in [-0.05, 0) is 44.2 Å². The van der Waals surface area contributed by atoms with Gasteiger partial charge < -0.3 is 14.6 Å². The Morgan fingerprint density at radius 2 is 2.03 bits per heavy atom. The first-order valence-electron chi connectivity index (χ1n) is 8.90. The van der Waals surface area contributed by atoms with Gasteiger partial charge in [0, 0.05) is 29.7 Å². The topological polar surface area (TPSA) is 108 Å². The molecule has 1 aromatic carbocycles. The second kappa shape index (κ2) is 7.93. The quantitative estimate of drug-likeness (QED) is 0.538. The van der Waals surface area contributed by atoms with Gasteiger partial charge in [-0.3, -0.25) is 4.79 Å². The first-order chi connectivity index (χ1) is 14.1. The monoisotopic (exact) mass is 390 g/mol. The molecular formula is C20H18N6O3. The summed E-state index contributed by atoms with van der Waals surface area (Å²) < 4.78 is 12.5.